The molecule has 3 unspecified atom stereocenters. The third-order valence-corrected chi connectivity index (χ3v) is 7.93. The SMILES string of the molecule is CCn1cc(C2CC(Cn3ccn(C4CC4)c3=N)CC(C(=O)NCc3ccc(=O)n(C)c3)C2)c(C(F)(F)F)n1. The molecule has 1 amide bonds. The van der Waals surface area contributed by atoms with Crippen LogP contribution in [0.4, 0.5) is 13.2 Å². The zero-order chi connectivity index (χ0) is 27.9. The van der Waals surface area contributed by atoms with Gasteiger partial charge in [-0.05, 0) is 56.4 Å². The molecule has 0 saturated heterocycles. The van der Waals surface area contributed by atoms with Crippen molar-refractivity contribution >= 4 is 5.91 Å². The highest BCUT2D eigenvalue weighted by molar-refractivity contribution is 5.78. The Morgan fingerprint density at radius 2 is 1.92 bits per heavy atom. The Labute approximate surface area is 223 Å². The number of alkyl halides is 3. The molecule has 210 valence electrons. The van der Waals surface area contributed by atoms with Gasteiger partial charge in [-0.1, -0.05) is 6.07 Å². The van der Waals surface area contributed by atoms with E-state index >= 15 is 0 Å². The van der Waals surface area contributed by atoms with Crippen molar-refractivity contribution in [3.8, 4) is 0 Å². The molecular formula is C27H34F3N7O2. The summed E-state index contributed by atoms with van der Waals surface area (Å²) in [6.45, 7) is 2.74. The summed E-state index contributed by atoms with van der Waals surface area (Å²) in [4.78, 5) is 25.0. The second-order valence-corrected chi connectivity index (χ2v) is 10.9. The van der Waals surface area contributed by atoms with Gasteiger partial charge in [-0.15, -0.1) is 0 Å². The summed E-state index contributed by atoms with van der Waals surface area (Å²) in [7, 11) is 1.63. The second-order valence-electron chi connectivity index (χ2n) is 10.9. The Bertz CT molecular complexity index is 1460. The number of carbonyl (C=O) groups excluding carboxylic acids is 1. The van der Waals surface area contributed by atoms with Crippen LogP contribution >= 0.6 is 0 Å². The van der Waals surface area contributed by atoms with Gasteiger partial charge in [0.15, 0.2) is 5.69 Å². The van der Waals surface area contributed by atoms with E-state index in [4.69, 9.17) is 5.41 Å². The molecule has 0 spiro atoms. The van der Waals surface area contributed by atoms with Crippen LogP contribution in [0.2, 0.25) is 0 Å². The number of aryl methyl sites for hydroxylation is 2. The van der Waals surface area contributed by atoms with Crippen molar-refractivity contribution in [2.24, 2.45) is 18.9 Å². The van der Waals surface area contributed by atoms with E-state index in [2.05, 4.69) is 10.4 Å². The molecule has 5 rings (SSSR count). The maximum atomic E-state index is 13.9. The fraction of sp³-hybridized carbons (Fsp3) is 0.556. The minimum atomic E-state index is -4.59. The molecule has 2 aliphatic rings. The van der Waals surface area contributed by atoms with Crippen LogP contribution in [0.25, 0.3) is 0 Å². The lowest BCUT2D eigenvalue weighted by Crippen LogP contribution is -2.37. The minimum absolute atomic E-state index is 0.0905. The van der Waals surface area contributed by atoms with Gasteiger partial charge < -0.3 is 19.0 Å². The number of hydrogen-bond acceptors (Lipinski definition) is 4. The van der Waals surface area contributed by atoms with E-state index in [1.807, 2.05) is 21.5 Å². The van der Waals surface area contributed by atoms with Crippen LogP contribution in [-0.2, 0) is 37.7 Å². The van der Waals surface area contributed by atoms with Crippen molar-refractivity contribution in [1.29, 1.82) is 5.41 Å². The lowest BCUT2D eigenvalue weighted by Gasteiger charge is -2.34. The van der Waals surface area contributed by atoms with E-state index in [9.17, 15) is 22.8 Å². The highest BCUT2D eigenvalue weighted by Crippen LogP contribution is 2.44. The second kappa shape index (κ2) is 10.5. The van der Waals surface area contributed by atoms with Crippen LogP contribution in [0.1, 0.15) is 67.8 Å². The van der Waals surface area contributed by atoms with Crippen molar-refractivity contribution in [2.75, 3.05) is 0 Å². The molecule has 2 N–H and O–H groups in total. The maximum absolute atomic E-state index is 13.9. The fourth-order valence-corrected chi connectivity index (χ4v) is 5.78. The average molecular weight is 546 g/mol. The smallest absolute Gasteiger partial charge is 0.352 e. The Balaban J connectivity index is 1.39. The third kappa shape index (κ3) is 5.89. The molecule has 2 aliphatic carbocycles. The van der Waals surface area contributed by atoms with Crippen molar-refractivity contribution < 1.29 is 18.0 Å². The number of aromatic nitrogens is 5. The number of hydrogen-bond donors (Lipinski definition) is 2. The summed E-state index contributed by atoms with van der Waals surface area (Å²) >= 11 is 0. The number of nitrogens with zero attached hydrogens (tertiary/aromatic N) is 5. The lowest BCUT2D eigenvalue weighted by molar-refractivity contribution is -0.142. The van der Waals surface area contributed by atoms with E-state index in [0.717, 1.165) is 18.4 Å². The summed E-state index contributed by atoms with van der Waals surface area (Å²) in [6.07, 6.45) is 5.66. The van der Waals surface area contributed by atoms with Crippen LogP contribution in [0, 0.1) is 17.2 Å². The van der Waals surface area contributed by atoms with Gasteiger partial charge in [0.25, 0.3) is 0 Å². The van der Waals surface area contributed by atoms with E-state index in [0.29, 0.717) is 37.6 Å². The molecule has 0 radical (unpaired) electrons. The molecule has 39 heavy (non-hydrogen) atoms. The van der Waals surface area contributed by atoms with Gasteiger partial charge in [-0.3, -0.25) is 19.7 Å². The predicted octanol–water partition coefficient (Wildman–Crippen LogP) is 3.55. The Hall–Kier alpha value is -3.57. The van der Waals surface area contributed by atoms with Gasteiger partial charge in [0.1, 0.15) is 0 Å². The maximum Gasteiger partial charge on any atom is 0.435 e. The minimum Gasteiger partial charge on any atom is -0.352 e. The summed E-state index contributed by atoms with van der Waals surface area (Å²) in [5, 5.41) is 15.3. The normalized spacial score (nSPS) is 21.7. The molecule has 9 nitrogen and oxygen atoms in total. The molecule has 0 bridgehead atoms. The van der Waals surface area contributed by atoms with Crippen LogP contribution in [-0.4, -0.2) is 29.4 Å². The number of carbonyl (C=O) groups is 1. The van der Waals surface area contributed by atoms with Crippen molar-refractivity contribution in [3.05, 3.63) is 69.7 Å². The van der Waals surface area contributed by atoms with E-state index in [1.54, 1.807) is 26.2 Å². The Morgan fingerprint density at radius 1 is 1.15 bits per heavy atom. The van der Waals surface area contributed by atoms with Crippen LogP contribution in [0.15, 0.2) is 41.7 Å². The molecular weight excluding hydrogens is 511 g/mol. The van der Waals surface area contributed by atoms with Gasteiger partial charge in [0.2, 0.25) is 17.1 Å². The van der Waals surface area contributed by atoms with Gasteiger partial charge in [-0.25, -0.2) is 0 Å². The largest absolute Gasteiger partial charge is 0.435 e. The zero-order valence-electron chi connectivity index (χ0n) is 22.1. The zero-order valence-corrected chi connectivity index (χ0v) is 22.1. The quantitative estimate of drug-likeness (QED) is 0.453. The first-order valence-electron chi connectivity index (χ1n) is 13.4. The molecule has 3 atom stereocenters. The first kappa shape index (κ1) is 27.0. The molecule has 3 aromatic heterocycles. The standard InChI is InChI=1S/C27H34F3N7O2/c1-3-36-16-22(24(33-36)27(28,29)30)19-10-18(15-35-8-9-37(26(35)31)21-5-6-21)11-20(12-19)25(39)32-13-17-4-7-23(38)34(2)14-17/h4,7-9,14,16,18-21,31H,3,5-6,10-13,15H2,1-2H3,(H,32,39). The van der Waals surface area contributed by atoms with Gasteiger partial charge in [0.05, 0.1) is 0 Å². The van der Waals surface area contributed by atoms with Crippen molar-refractivity contribution in [1.82, 2.24) is 28.8 Å². The number of amides is 1. The van der Waals surface area contributed by atoms with E-state index < -0.39 is 23.7 Å². The number of nitrogens with one attached hydrogen (secondary N) is 2. The lowest BCUT2D eigenvalue weighted by atomic mass is 9.72. The van der Waals surface area contributed by atoms with Gasteiger partial charge >= 0.3 is 6.18 Å². The van der Waals surface area contributed by atoms with Crippen molar-refractivity contribution in [2.45, 2.75) is 76.8 Å². The highest BCUT2D eigenvalue weighted by atomic mass is 19.4. The van der Waals surface area contributed by atoms with E-state index in [1.165, 1.54) is 21.5 Å². The Morgan fingerprint density at radius 3 is 2.59 bits per heavy atom. The summed E-state index contributed by atoms with van der Waals surface area (Å²) in [6, 6.07) is 3.44. The number of pyridine rings is 1. The molecule has 0 aromatic carbocycles. The molecule has 0 aliphatic heterocycles. The summed E-state index contributed by atoms with van der Waals surface area (Å²) in [5.74, 6) is -1.30. The first-order valence-corrected chi connectivity index (χ1v) is 13.4. The van der Waals surface area contributed by atoms with Crippen LogP contribution < -0.4 is 16.5 Å². The highest BCUT2D eigenvalue weighted by Gasteiger charge is 2.42. The predicted molar refractivity (Wildman–Crippen MR) is 137 cm³/mol. The van der Waals surface area contributed by atoms with E-state index in [-0.39, 0.29) is 35.9 Å². The topological polar surface area (TPSA) is 103 Å². The fourth-order valence-electron chi connectivity index (χ4n) is 5.78. The molecule has 3 aromatic rings. The van der Waals surface area contributed by atoms with Gasteiger partial charge in [0, 0.05) is 75.1 Å². The molecule has 2 saturated carbocycles. The summed E-state index contributed by atoms with van der Waals surface area (Å²) < 4.78 is 48.4. The van der Waals surface area contributed by atoms with Crippen molar-refractivity contribution in [3.63, 3.8) is 0 Å². The van der Waals surface area contributed by atoms with Crippen LogP contribution in [0.5, 0.6) is 0 Å². The molecule has 3 heterocycles. The first-order chi connectivity index (χ1) is 18.5. The Kier molecular flexibility index (Phi) is 7.30. The van der Waals surface area contributed by atoms with Crippen LogP contribution in [0.3, 0.4) is 0 Å². The molecule has 12 heteroatoms. The number of rotatable bonds is 8. The number of halogens is 3. The molecule has 2 fully saturated rings. The average Bonchev–Trinajstić information content (AvgIpc) is 3.53. The monoisotopic (exact) mass is 545 g/mol. The summed E-state index contributed by atoms with van der Waals surface area (Å²) in [5.41, 5.74) is 0.237. The van der Waals surface area contributed by atoms with Gasteiger partial charge in [-0.2, -0.15) is 18.3 Å². The third-order valence-electron chi connectivity index (χ3n) is 7.93. The number of imidazole rings is 1.